The maximum Gasteiger partial charge on any atom is 0.129 e. The Morgan fingerprint density at radius 2 is 2.22 bits per heavy atom. The number of benzene rings is 1. The van der Waals surface area contributed by atoms with Gasteiger partial charge in [-0.05, 0) is 47.5 Å². The van der Waals surface area contributed by atoms with Gasteiger partial charge in [-0.25, -0.2) is 0 Å². The molecule has 18 heavy (non-hydrogen) atoms. The minimum absolute atomic E-state index is 0.256. The quantitative estimate of drug-likeness (QED) is 0.908. The monoisotopic (exact) mass is 309 g/mol. The molecule has 96 valence electrons. The summed E-state index contributed by atoms with van der Waals surface area (Å²) in [7, 11) is 0. The lowest BCUT2D eigenvalue weighted by Crippen LogP contribution is -2.01. The van der Waals surface area contributed by atoms with Crippen LogP contribution < -0.4 is 5.32 Å². The minimum atomic E-state index is 0.256. The van der Waals surface area contributed by atoms with E-state index in [9.17, 15) is 5.11 Å². The van der Waals surface area contributed by atoms with Crippen LogP contribution in [-0.2, 0) is 6.54 Å². The van der Waals surface area contributed by atoms with Crippen LogP contribution in [0.25, 0.3) is 0 Å². The summed E-state index contributed by atoms with van der Waals surface area (Å²) in [6.07, 6.45) is 3.80. The second-order valence-electron chi connectivity index (χ2n) is 4.44. The van der Waals surface area contributed by atoms with Gasteiger partial charge in [0.05, 0.1) is 16.4 Å². The summed E-state index contributed by atoms with van der Waals surface area (Å²) in [5, 5.41) is 17.0. The largest absolute Gasteiger partial charge is 0.507 e. The first-order valence-electron chi connectivity index (χ1n) is 5.81. The Morgan fingerprint density at radius 3 is 2.83 bits per heavy atom. The highest BCUT2D eigenvalue weighted by atomic mass is 79.9. The van der Waals surface area contributed by atoms with E-state index in [2.05, 4.69) is 40.2 Å². The molecule has 0 aliphatic rings. The summed E-state index contributed by atoms with van der Waals surface area (Å²) in [6.45, 7) is 4.88. The second kappa shape index (κ2) is 5.44. The molecule has 4 nitrogen and oxygen atoms in total. The maximum atomic E-state index is 9.41. The van der Waals surface area contributed by atoms with Crippen LogP contribution in [0.3, 0.4) is 0 Å². The molecule has 0 spiro atoms. The van der Waals surface area contributed by atoms with Gasteiger partial charge >= 0.3 is 0 Å². The van der Waals surface area contributed by atoms with E-state index in [-0.39, 0.29) is 5.75 Å². The number of hydrogen-bond acceptors (Lipinski definition) is 3. The topological polar surface area (TPSA) is 50.1 Å². The number of aromatic nitrogens is 2. The Bertz CT molecular complexity index is 537. The number of anilines is 1. The Morgan fingerprint density at radius 1 is 1.44 bits per heavy atom. The predicted molar refractivity (Wildman–Crippen MR) is 75.7 cm³/mol. The molecule has 0 aliphatic heterocycles. The fourth-order valence-corrected chi connectivity index (χ4v) is 2.00. The Balaban J connectivity index is 2.00. The third-order valence-electron chi connectivity index (χ3n) is 2.64. The van der Waals surface area contributed by atoms with Gasteiger partial charge < -0.3 is 10.4 Å². The summed E-state index contributed by atoms with van der Waals surface area (Å²) < 4.78 is 2.62. The molecular formula is C13H16BrN3O. The van der Waals surface area contributed by atoms with Gasteiger partial charge in [-0.3, -0.25) is 4.68 Å². The van der Waals surface area contributed by atoms with Crippen LogP contribution >= 0.6 is 15.9 Å². The lowest BCUT2D eigenvalue weighted by atomic mass is 10.2. The first-order valence-corrected chi connectivity index (χ1v) is 6.61. The van der Waals surface area contributed by atoms with E-state index in [0.29, 0.717) is 17.1 Å². The standard InChI is InChI=1S/C13H16BrN3O/c1-9(2)17-8-11(7-16-17)15-6-10-3-4-13(18)12(14)5-10/h3-5,7-9,15,18H,6H2,1-2H3. The summed E-state index contributed by atoms with van der Waals surface area (Å²) in [4.78, 5) is 0. The van der Waals surface area contributed by atoms with E-state index in [4.69, 9.17) is 0 Å². The van der Waals surface area contributed by atoms with E-state index < -0.39 is 0 Å². The van der Waals surface area contributed by atoms with Crippen molar-refractivity contribution in [1.29, 1.82) is 0 Å². The molecule has 0 bridgehead atoms. The zero-order valence-electron chi connectivity index (χ0n) is 10.4. The lowest BCUT2D eigenvalue weighted by molar-refractivity contribution is 0.471. The van der Waals surface area contributed by atoms with Crippen LogP contribution in [0, 0.1) is 0 Å². The van der Waals surface area contributed by atoms with Gasteiger partial charge in [0.1, 0.15) is 5.75 Å². The number of nitrogens with one attached hydrogen (secondary N) is 1. The van der Waals surface area contributed by atoms with Crippen molar-refractivity contribution >= 4 is 21.6 Å². The number of nitrogens with zero attached hydrogens (tertiary/aromatic N) is 2. The number of aromatic hydroxyl groups is 1. The van der Waals surface area contributed by atoms with Crippen molar-refractivity contribution < 1.29 is 5.11 Å². The number of phenolic OH excluding ortho intramolecular Hbond substituents is 1. The highest BCUT2D eigenvalue weighted by Gasteiger charge is 2.03. The van der Waals surface area contributed by atoms with Gasteiger partial charge in [0, 0.05) is 18.8 Å². The molecule has 0 saturated carbocycles. The van der Waals surface area contributed by atoms with Crippen LogP contribution in [-0.4, -0.2) is 14.9 Å². The minimum Gasteiger partial charge on any atom is -0.507 e. The number of phenols is 1. The van der Waals surface area contributed by atoms with Gasteiger partial charge in [-0.15, -0.1) is 0 Å². The molecule has 0 unspecified atom stereocenters. The van der Waals surface area contributed by atoms with E-state index in [1.54, 1.807) is 6.07 Å². The van der Waals surface area contributed by atoms with Gasteiger partial charge in [0.25, 0.3) is 0 Å². The van der Waals surface area contributed by atoms with Crippen molar-refractivity contribution in [2.45, 2.75) is 26.4 Å². The van der Waals surface area contributed by atoms with Crippen LogP contribution in [0.2, 0.25) is 0 Å². The van der Waals surface area contributed by atoms with E-state index in [1.807, 2.05) is 29.2 Å². The second-order valence-corrected chi connectivity index (χ2v) is 5.30. The van der Waals surface area contributed by atoms with Crippen molar-refractivity contribution in [1.82, 2.24) is 9.78 Å². The van der Waals surface area contributed by atoms with Gasteiger partial charge in [0.2, 0.25) is 0 Å². The van der Waals surface area contributed by atoms with Crippen LogP contribution in [0.15, 0.2) is 35.1 Å². The molecule has 2 rings (SSSR count). The fourth-order valence-electron chi connectivity index (χ4n) is 1.58. The summed E-state index contributed by atoms with van der Waals surface area (Å²) in [5.41, 5.74) is 2.09. The Hall–Kier alpha value is -1.49. The van der Waals surface area contributed by atoms with E-state index in [1.165, 1.54) is 0 Å². The molecule has 1 aromatic heterocycles. The molecule has 1 aromatic carbocycles. The molecule has 0 aliphatic carbocycles. The average Bonchev–Trinajstić information content (AvgIpc) is 2.79. The molecule has 0 radical (unpaired) electrons. The lowest BCUT2D eigenvalue weighted by Gasteiger charge is -2.06. The number of rotatable bonds is 4. The first kappa shape index (κ1) is 13.0. The average molecular weight is 310 g/mol. The molecule has 0 saturated heterocycles. The zero-order chi connectivity index (χ0) is 13.1. The molecule has 0 fully saturated rings. The van der Waals surface area contributed by atoms with Gasteiger partial charge in [-0.2, -0.15) is 5.10 Å². The number of halogens is 1. The van der Waals surface area contributed by atoms with Crippen molar-refractivity contribution in [3.8, 4) is 5.75 Å². The molecule has 0 atom stereocenters. The van der Waals surface area contributed by atoms with Gasteiger partial charge in [-0.1, -0.05) is 6.07 Å². The highest BCUT2D eigenvalue weighted by Crippen LogP contribution is 2.24. The van der Waals surface area contributed by atoms with Crippen LogP contribution in [0.1, 0.15) is 25.5 Å². The number of hydrogen-bond donors (Lipinski definition) is 2. The smallest absolute Gasteiger partial charge is 0.129 e. The summed E-state index contributed by atoms with van der Waals surface area (Å²) >= 11 is 3.30. The summed E-state index contributed by atoms with van der Waals surface area (Å²) in [6, 6.07) is 5.83. The normalized spacial score (nSPS) is 10.9. The molecule has 0 amide bonds. The maximum absolute atomic E-state index is 9.41. The SMILES string of the molecule is CC(C)n1cc(NCc2ccc(O)c(Br)c2)cn1. The summed E-state index contributed by atoms with van der Waals surface area (Å²) in [5.74, 6) is 0.256. The fraction of sp³-hybridized carbons (Fsp3) is 0.308. The highest BCUT2D eigenvalue weighted by molar-refractivity contribution is 9.10. The van der Waals surface area contributed by atoms with Crippen molar-refractivity contribution in [3.63, 3.8) is 0 Å². The van der Waals surface area contributed by atoms with Crippen molar-refractivity contribution in [2.75, 3.05) is 5.32 Å². The Kier molecular flexibility index (Phi) is 3.91. The van der Waals surface area contributed by atoms with E-state index in [0.717, 1.165) is 11.3 Å². The van der Waals surface area contributed by atoms with Crippen molar-refractivity contribution in [2.24, 2.45) is 0 Å². The van der Waals surface area contributed by atoms with Crippen molar-refractivity contribution in [3.05, 3.63) is 40.6 Å². The third-order valence-corrected chi connectivity index (χ3v) is 3.27. The van der Waals surface area contributed by atoms with Gasteiger partial charge in [0.15, 0.2) is 0 Å². The Labute approximate surface area is 115 Å². The molecule has 2 N–H and O–H groups in total. The molecule has 5 heteroatoms. The third kappa shape index (κ3) is 3.04. The van der Waals surface area contributed by atoms with Crippen LogP contribution in [0.4, 0.5) is 5.69 Å². The predicted octanol–water partition coefficient (Wildman–Crippen LogP) is 3.54. The molecular weight excluding hydrogens is 294 g/mol. The molecule has 2 aromatic rings. The first-order chi connectivity index (χ1) is 8.56. The van der Waals surface area contributed by atoms with E-state index >= 15 is 0 Å². The zero-order valence-corrected chi connectivity index (χ0v) is 12.0. The van der Waals surface area contributed by atoms with Crippen LogP contribution in [0.5, 0.6) is 5.75 Å². The molecule has 1 heterocycles.